The first kappa shape index (κ1) is 21.8. The van der Waals surface area contributed by atoms with Crippen LogP contribution in [-0.4, -0.2) is 49.2 Å². The number of hydrogen-bond donors (Lipinski definition) is 1. The highest BCUT2D eigenvalue weighted by molar-refractivity contribution is 8.01. The fourth-order valence-electron chi connectivity index (χ4n) is 2.80. The van der Waals surface area contributed by atoms with Crippen molar-refractivity contribution >= 4 is 49.8 Å². The quantitative estimate of drug-likeness (QED) is 0.545. The number of nitrogens with zero attached hydrogens (tertiary/aromatic N) is 3. The molecule has 2 heterocycles. The minimum absolute atomic E-state index is 0.110. The molecule has 0 radical (unpaired) electrons. The van der Waals surface area contributed by atoms with Crippen molar-refractivity contribution < 1.29 is 17.9 Å². The van der Waals surface area contributed by atoms with Crippen LogP contribution < -0.4 is 14.4 Å². The number of hydrogen-bond acceptors (Lipinski definition) is 8. The molecule has 11 heteroatoms. The average molecular weight is 457 g/mol. The molecule has 0 bridgehead atoms. The Morgan fingerprint density at radius 2 is 2.10 bits per heavy atom. The molecule has 0 unspecified atom stereocenters. The molecule has 1 aliphatic rings. The van der Waals surface area contributed by atoms with Crippen molar-refractivity contribution in [2.75, 3.05) is 28.2 Å². The lowest BCUT2D eigenvalue weighted by Gasteiger charge is -2.35. The van der Waals surface area contributed by atoms with Crippen LogP contribution in [0.3, 0.4) is 0 Å². The number of rotatable bonds is 5. The van der Waals surface area contributed by atoms with Gasteiger partial charge in [0.2, 0.25) is 15.2 Å². The molecule has 0 fully saturated rings. The number of sulfonamides is 1. The van der Waals surface area contributed by atoms with Gasteiger partial charge < -0.3 is 4.74 Å². The maximum absolute atomic E-state index is 12.7. The van der Waals surface area contributed by atoms with Crippen molar-refractivity contribution in [2.24, 2.45) is 0 Å². The van der Waals surface area contributed by atoms with Gasteiger partial charge in [-0.15, -0.1) is 10.2 Å². The molecular weight excluding hydrogens is 432 g/mol. The first-order valence-corrected chi connectivity index (χ1v) is 12.7. The van der Waals surface area contributed by atoms with Crippen molar-refractivity contribution in [3.63, 3.8) is 0 Å². The lowest BCUT2D eigenvalue weighted by molar-refractivity contribution is -0.122. The Bertz CT molecular complexity index is 1010. The standard InChI is InChI=1S/C18H24N4O4S3/c1-6-27-17-21-20-16(28-17)19-15(23)14-10-22(29(5,24)25)12-9-11(18(2,3)4)7-8-13(12)26-14/h7-9,14H,6,10H2,1-5H3,(H,19,20,23)/t14-/m0/s1. The number of anilines is 2. The zero-order valence-corrected chi connectivity index (χ0v) is 19.4. The van der Waals surface area contributed by atoms with Gasteiger partial charge in [0.15, 0.2) is 10.4 Å². The topological polar surface area (TPSA) is 101 Å². The molecule has 1 amide bonds. The molecule has 1 atom stereocenters. The summed E-state index contributed by atoms with van der Waals surface area (Å²) in [4.78, 5) is 12.7. The van der Waals surface area contributed by atoms with Gasteiger partial charge in [0.25, 0.3) is 5.91 Å². The number of carbonyl (C=O) groups is 1. The second-order valence-electron chi connectivity index (χ2n) is 7.63. The summed E-state index contributed by atoms with van der Waals surface area (Å²) >= 11 is 2.80. The lowest BCUT2D eigenvalue weighted by atomic mass is 9.86. The molecule has 1 aromatic carbocycles. The summed E-state index contributed by atoms with van der Waals surface area (Å²) in [5, 5.41) is 11.0. The van der Waals surface area contributed by atoms with Crippen LogP contribution in [0, 0.1) is 0 Å². The van der Waals surface area contributed by atoms with E-state index in [1.54, 1.807) is 6.07 Å². The summed E-state index contributed by atoms with van der Waals surface area (Å²) < 4.78 is 32.7. The Hall–Kier alpha value is -1.85. The van der Waals surface area contributed by atoms with Crippen LogP contribution in [-0.2, 0) is 20.2 Å². The molecule has 0 saturated carbocycles. The minimum atomic E-state index is -3.60. The molecule has 2 aromatic rings. The van der Waals surface area contributed by atoms with Crippen LogP contribution in [0.25, 0.3) is 0 Å². The zero-order chi connectivity index (χ0) is 21.4. The predicted octanol–water partition coefficient (Wildman–Crippen LogP) is 3.11. The van der Waals surface area contributed by atoms with Crippen LogP contribution in [0.2, 0.25) is 0 Å². The molecule has 29 heavy (non-hydrogen) atoms. The Morgan fingerprint density at radius 1 is 1.38 bits per heavy atom. The third kappa shape index (κ3) is 5.01. The average Bonchev–Trinajstić information content (AvgIpc) is 3.06. The van der Waals surface area contributed by atoms with E-state index < -0.39 is 22.0 Å². The van der Waals surface area contributed by atoms with Crippen molar-refractivity contribution in [1.82, 2.24) is 10.2 Å². The van der Waals surface area contributed by atoms with Crippen molar-refractivity contribution in [2.45, 2.75) is 43.6 Å². The van der Waals surface area contributed by atoms with E-state index in [1.807, 2.05) is 39.8 Å². The summed E-state index contributed by atoms with van der Waals surface area (Å²) in [5.41, 5.74) is 1.27. The molecule has 0 saturated heterocycles. The monoisotopic (exact) mass is 456 g/mol. The van der Waals surface area contributed by atoms with Crippen molar-refractivity contribution in [3.05, 3.63) is 23.8 Å². The molecule has 3 rings (SSSR count). The first-order valence-electron chi connectivity index (χ1n) is 9.05. The lowest BCUT2D eigenvalue weighted by Crippen LogP contribution is -2.48. The number of carbonyl (C=O) groups excluding carboxylic acids is 1. The third-order valence-electron chi connectivity index (χ3n) is 4.29. The molecule has 8 nitrogen and oxygen atoms in total. The maximum atomic E-state index is 12.7. The first-order chi connectivity index (χ1) is 13.5. The second kappa shape index (κ2) is 8.11. The smallest absolute Gasteiger partial charge is 0.269 e. The number of aromatic nitrogens is 2. The number of benzene rings is 1. The molecule has 1 aliphatic heterocycles. The van der Waals surface area contributed by atoms with E-state index in [0.29, 0.717) is 16.6 Å². The molecule has 0 spiro atoms. The fraction of sp³-hybridized carbons (Fsp3) is 0.500. The Morgan fingerprint density at radius 3 is 2.72 bits per heavy atom. The van der Waals surface area contributed by atoms with Gasteiger partial charge in [-0.3, -0.25) is 14.4 Å². The molecule has 158 valence electrons. The van der Waals surface area contributed by atoms with Gasteiger partial charge in [0.05, 0.1) is 18.5 Å². The van der Waals surface area contributed by atoms with E-state index in [9.17, 15) is 13.2 Å². The van der Waals surface area contributed by atoms with E-state index >= 15 is 0 Å². The SMILES string of the molecule is CCSc1nnc(NC(=O)[C@@H]2CN(S(C)(=O)=O)c3cc(C(C)(C)C)ccc3O2)s1. The van der Waals surface area contributed by atoms with Crippen LogP contribution in [0.1, 0.15) is 33.3 Å². The molecular formula is C18H24N4O4S3. The molecule has 0 aliphatic carbocycles. The van der Waals surface area contributed by atoms with Crippen molar-refractivity contribution in [1.29, 1.82) is 0 Å². The van der Waals surface area contributed by atoms with E-state index in [-0.39, 0.29) is 12.0 Å². The fourth-order valence-corrected chi connectivity index (χ4v) is 5.35. The van der Waals surface area contributed by atoms with Gasteiger partial charge in [-0.05, 0) is 28.9 Å². The van der Waals surface area contributed by atoms with Gasteiger partial charge in [-0.25, -0.2) is 8.42 Å². The van der Waals surface area contributed by atoms with E-state index in [4.69, 9.17) is 4.74 Å². The molecule has 1 N–H and O–H groups in total. The Balaban J connectivity index is 1.87. The predicted molar refractivity (Wildman–Crippen MR) is 117 cm³/mol. The van der Waals surface area contributed by atoms with Gasteiger partial charge in [0.1, 0.15) is 5.75 Å². The van der Waals surface area contributed by atoms with Crippen molar-refractivity contribution in [3.8, 4) is 5.75 Å². The second-order valence-corrected chi connectivity index (χ2v) is 12.0. The van der Waals surface area contributed by atoms with Gasteiger partial charge in [0, 0.05) is 0 Å². The summed E-state index contributed by atoms with van der Waals surface area (Å²) in [6, 6.07) is 5.41. The van der Waals surface area contributed by atoms with Gasteiger partial charge in [-0.1, -0.05) is 56.9 Å². The van der Waals surface area contributed by atoms with Crippen LogP contribution in [0.15, 0.2) is 22.5 Å². The number of nitrogens with one attached hydrogen (secondary N) is 1. The minimum Gasteiger partial charge on any atom is -0.476 e. The maximum Gasteiger partial charge on any atom is 0.269 e. The zero-order valence-electron chi connectivity index (χ0n) is 16.9. The van der Waals surface area contributed by atoms with Gasteiger partial charge in [-0.2, -0.15) is 0 Å². The van der Waals surface area contributed by atoms with Crippen LogP contribution in [0.4, 0.5) is 10.8 Å². The largest absolute Gasteiger partial charge is 0.476 e. The highest BCUT2D eigenvalue weighted by Crippen LogP contribution is 2.38. The normalized spacial score (nSPS) is 16.9. The highest BCUT2D eigenvalue weighted by atomic mass is 32.2. The number of amides is 1. The van der Waals surface area contributed by atoms with Gasteiger partial charge >= 0.3 is 0 Å². The number of thioether (sulfide) groups is 1. The summed E-state index contributed by atoms with van der Waals surface area (Å²) in [7, 11) is -3.60. The third-order valence-corrected chi connectivity index (χ3v) is 7.29. The Kier molecular flexibility index (Phi) is 6.11. The number of ether oxygens (including phenoxy) is 1. The van der Waals surface area contributed by atoms with E-state index in [1.165, 1.54) is 27.4 Å². The number of fused-ring (bicyclic) bond motifs is 1. The van der Waals surface area contributed by atoms with Crippen LogP contribution in [0.5, 0.6) is 5.75 Å². The molecule has 1 aromatic heterocycles. The summed E-state index contributed by atoms with van der Waals surface area (Å²) in [6.45, 7) is 8.04. The highest BCUT2D eigenvalue weighted by Gasteiger charge is 2.36. The summed E-state index contributed by atoms with van der Waals surface area (Å²) in [5.74, 6) is 0.744. The summed E-state index contributed by atoms with van der Waals surface area (Å²) in [6.07, 6.45) is 0.128. The van der Waals surface area contributed by atoms with E-state index in [0.717, 1.165) is 21.9 Å². The van der Waals surface area contributed by atoms with Crippen LogP contribution >= 0.6 is 23.1 Å². The Labute approximate surface area is 179 Å². The van der Waals surface area contributed by atoms with E-state index in [2.05, 4.69) is 15.5 Å².